The Morgan fingerprint density at radius 1 is 0.944 bits per heavy atom. The van der Waals surface area contributed by atoms with Gasteiger partial charge in [0.05, 0.1) is 11.3 Å². The first-order valence-corrected chi connectivity index (χ1v) is 12.6. The molecular formula is C25H22FN3O6S. The number of hydrogen-bond donors (Lipinski definition) is 0. The first-order chi connectivity index (χ1) is 17.0. The molecule has 1 fully saturated rings. The Hall–Kier alpha value is -3.99. The summed E-state index contributed by atoms with van der Waals surface area (Å²) in [4.78, 5) is 40.2. The van der Waals surface area contributed by atoms with Crippen molar-refractivity contribution in [3.63, 3.8) is 0 Å². The van der Waals surface area contributed by atoms with Gasteiger partial charge in [0.25, 0.3) is 11.1 Å². The number of aromatic nitrogens is 3. The van der Waals surface area contributed by atoms with Crippen LogP contribution in [0.4, 0.5) is 4.39 Å². The number of pyridine rings is 1. The van der Waals surface area contributed by atoms with Gasteiger partial charge in [-0.3, -0.25) is 18.7 Å². The highest BCUT2D eigenvalue weighted by Crippen LogP contribution is 2.34. The summed E-state index contributed by atoms with van der Waals surface area (Å²) in [6, 6.07) is 10.9. The van der Waals surface area contributed by atoms with Crippen LogP contribution in [-0.2, 0) is 17.2 Å². The lowest BCUT2D eigenvalue weighted by Crippen LogP contribution is -2.42. The largest absolute Gasteiger partial charge is 0.377 e. The van der Waals surface area contributed by atoms with Crippen molar-refractivity contribution in [2.75, 3.05) is 0 Å². The number of para-hydroxylation sites is 1. The molecule has 0 aliphatic heterocycles. The van der Waals surface area contributed by atoms with Crippen LogP contribution in [0.2, 0.25) is 0 Å². The van der Waals surface area contributed by atoms with Gasteiger partial charge in [0.2, 0.25) is 0 Å². The molecule has 1 saturated carbocycles. The van der Waals surface area contributed by atoms with E-state index in [4.69, 9.17) is 4.18 Å². The second kappa shape index (κ2) is 8.30. The van der Waals surface area contributed by atoms with E-state index in [0.717, 1.165) is 25.3 Å². The topological polar surface area (TPSA) is 109 Å². The molecule has 0 radical (unpaired) electrons. The highest BCUT2D eigenvalue weighted by Gasteiger charge is 2.33. The van der Waals surface area contributed by atoms with Crippen LogP contribution in [0.15, 0.2) is 67.8 Å². The molecular weight excluding hydrogens is 489 g/mol. The minimum Gasteiger partial charge on any atom is -0.377 e. The van der Waals surface area contributed by atoms with Crippen molar-refractivity contribution >= 4 is 21.2 Å². The number of benzene rings is 2. The molecule has 0 spiro atoms. The normalized spacial score (nSPS) is 13.8. The number of aryl methyl sites for hydroxylation is 2. The third kappa shape index (κ3) is 3.67. The number of fused-ring (bicyclic) bond motifs is 1. The Bertz CT molecular complexity index is 1830. The average Bonchev–Trinajstić information content (AvgIpc) is 3.66. The molecule has 2 heterocycles. The molecule has 1 aliphatic carbocycles. The molecule has 4 aromatic rings. The van der Waals surface area contributed by atoms with E-state index in [-0.39, 0.29) is 27.2 Å². The maximum atomic E-state index is 14.9. The van der Waals surface area contributed by atoms with Gasteiger partial charge >= 0.3 is 15.8 Å². The minimum atomic E-state index is -4.46. The molecule has 0 bridgehead atoms. The summed E-state index contributed by atoms with van der Waals surface area (Å²) in [5, 5.41) is -0.306. The van der Waals surface area contributed by atoms with Crippen LogP contribution in [0.3, 0.4) is 0 Å². The summed E-state index contributed by atoms with van der Waals surface area (Å²) < 4.78 is 49.6. The smallest absolute Gasteiger partial charge is 0.339 e. The molecule has 36 heavy (non-hydrogen) atoms. The fraction of sp³-hybridized carbons (Fsp3) is 0.240. The quantitative estimate of drug-likeness (QED) is 0.381. The Kier molecular flexibility index (Phi) is 5.47. The summed E-state index contributed by atoms with van der Waals surface area (Å²) in [6.07, 6.45) is 1.11. The van der Waals surface area contributed by atoms with Gasteiger partial charge in [-0.15, -0.1) is 0 Å². The SMILES string of the molecule is Cc1ccc(S(=O)(=O)Oc2c(C)c(=O)n(C)c3c2c(=O)n(C2CC2)c(=O)n3-c2ccccc2F)cc1. The van der Waals surface area contributed by atoms with Gasteiger partial charge in [0.1, 0.15) is 21.7 Å². The Morgan fingerprint density at radius 2 is 1.58 bits per heavy atom. The van der Waals surface area contributed by atoms with E-state index in [1.165, 1.54) is 44.3 Å². The highest BCUT2D eigenvalue weighted by atomic mass is 32.2. The predicted octanol–water partition coefficient (Wildman–Crippen LogP) is 2.71. The molecule has 0 N–H and O–H groups in total. The molecule has 9 nitrogen and oxygen atoms in total. The average molecular weight is 512 g/mol. The molecule has 0 atom stereocenters. The van der Waals surface area contributed by atoms with Gasteiger partial charge in [0, 0.05) is 13.1 Å². The predicted molar refractivity (Wildman–Crippen MR) is 131 cm³/mol. The Labute approximate surface area is 204 Å². The monoisotopic (exact) mass is 511 g/mol. The number of rotatable bonds is 5. The highest BCUT2D eigenvalue weighted by molar-refractivity contribution is 7.87. The fourth-order valence-electron chi connectivity index (χ4n) is 4.23. The van der Waals surface area contributed by atoms with Crippen molar-refractivity contribution in [3.05, 3.63) is 96.7 Å². The third-order valence-corrected chi connectivity index (χ3v) is 7.52. The van der Waals surface area contributed by atoms with Crippen LogP contribution in [0.1, 0.15) is 30.0 Å². The molecule has 186 valence electrons. The number of halogens is 1. The van der Waals surface area contributed by atoms with Gasteiger partial charge in [-0.1, -0.05) is 29.8 Å². The van der Waals surface area contributed by atoms with Crippen molar-refractivity contribution in [2.45, 2.75) is 37.6 Å². The molecule has 0 amide bonds. The first kappa shape index (κ1) is 23.7. The first-order valence-electron chi connectivity index (χ1n) is 11.2. The number of hydrogen-bond acceptors (Lipinski definition) is 6. The standard InChI is InChI=1S/C25H22FN3O6S/c1-14-8-12-17(13-9-14)36(33,34)35-21-15(2)23(30)27(3)22-20(21)24(31)28(16-10-11-16)25(32)29(22)19-7-5-4-6-18(19)26/h4-9,12-13,16H,10-11H2,1-3H3. The molecule has 0 unspecified atom stereocenters. The van der Waals surface area contributed by atoms with E-state index in [1.54, 1.807) is 19.1 Å². The summed E-state index contributed by atoms with van der Waals surface area (Å²) >= 11 is 0. The van der Waals surface area contributed by atoms with E-state index in [0.29, 0.717) is 12.8 Å². The van der Waals surface area contributed by atoms with E-state index in [9.17, 15) is 27.2 Å². The van der Waals surface area contributed by atoms with Gasteiger partial charge in [-0.25, -0.2) is 13.8 Å². The van der Waals surface area contributed by atoms with Crippen molar-refractivity contribution < 1.29 is 17.0 Å². The molecule has 0 saturated heterocycles. The Morgan fingerprint density at radius 3 is 2.19 bits per heavy atom. The maximum absolute atomic E-state index is 14.9. The van der Waals surface area contributed by atoms with Crippen LogP contribution in [0, 0.1) is 19.7 Å². The second-order valence-electron chi connectivity index (χ2n) is 8.84. The van der Waals surface area contributed by atoms with E-state index < -0.39 is 44.5 Å². The van der Waals surface area contributed by atoms with Crippen LogP contribution in [-0.4, -0.2) is 22.1 Å². The maximum Gasteiger partial charge on any atom is 0.339 e. The fourth-order valence-corrected chi connectivity index (χ4v) is 5.23. The van der Waals surface area contributed by atoms with Crippen molar-refractivity contribution in [3.8, 4) is 11.4 Å². The van der Waals surface area contributed by atoms with E-state index in [1.807, 2.05) is 0 Å². The van der Waals surface area contributed by atoms with Crippen molar-refractivity contribution in [1.29, 1.82) is 0 Å². The van der Waals surface area contributed by atoms with Gasteiger partial charge in [0.15, 0.2) is 5.75 Å². The molecule has 2 aromatic heterocycles. The zero-order chi connectivity index (χ0) is 25.9. The lowest BCUT2D eigenvalue weighted by atomic mass is 10.2. The zero-order valence-electron chi connectivity index (χ0n) is 19.7. The molecule has 1 aliphatic rings. The van der Waals surface area contributed by atoms with Gasteiger partial charge < -0.3 is 4.18 Å². The zero-order valence-corrected chi connectivity index (χ0v) is 20.5. The van der Waals surface area contributed by atoms with E-state index >= 15 is 0 Å². The lowest BCUT2D eigenvalue weighted by Gasteiger charge is -2.19. The van der Waals surface area contributed by atoms with Crippen molar-refractivity contribution in [1.82, 2.24) is 13.7 Å². The summed E-state index contributed by atoms with van der Waals surface area (Å²) in [5.74, 6) is -1.25. The summed E-state index contributed by atoms with van der Waals surface area (Å²) in [6.45, 7) is 3.12. The van der Waals surface area contributed by atoms with Crippen LogP contribution in [0.5, 0.6) is 5.75 Å². The van der Waals surface area contributed by atoms with Crippen LogP contribution in [0.25, 0.3) is 16.7 Å². The molecule has 5 rings (SSSR count). The minimum absolute atomic E-state index is 0.140. The second-order valence-corrected chi connectivity index (χ2v) is 10.4. The van der Waals surface area contributed by atoms with Gasteiger partial charge in [-0.05, 0) is 51.0 Å². The third-order valence-electron chi connectivity index (χ3n) is 6.28. The lowest BCUT2D eigenvalue weighted by molar-refractivity contribution is 0.484. The van der Waals surface area contributed by atoms with Gasteiger partial charge in [-0.2, -0.15) is 8.42 Å². The summed E-state index contributed by atoms with van der Waals surface area (Å²) in [5.41, 5.74) is -2.11. The summed E-state index contributed by atoms with van der Waals surface area (Å²) in [7, 11) is -3.13. The molecule has 2 aromatic carbocycles. The van der Waals surface area contributed by atoms with Crippen LogP contribution < -0.4 is 21.0 Å². The van der Waals surface area contributed by atoms with Crippen LogP contribution >= 0.6 is 0 Å². The van der Waals surface area contributed by atoms with E-state index in [2.05, 4.69) is 0 Å². The van der Waals surface area contributed by atoms with Crippen molar-refractivity contribution in [2.24, 2.45) is 7.05 Å². The Balaban J connectivity index is 1.93. The number of nitrogens with zero attached hydrogens (tertiary/aromatic N) is 3. The molecule has 11 heteroatoms.